The van der Waals surface area contributed by atoms with Gasteiger partial charge in [0.15, 0.2) is 6.29 Å². The Balaban J connectivity index is 1.98. The molecule has 0 amide bonds. The predicted octanol–water partition coefficient (Wildman–Crippen LogP) is 0.887. The van der Waals surface area contributed by atoms with Crippen LogP contribution in [0.25, 0.3) is 0 Å². The molecule has 0 bridgehead atoms. The van der Waals surface area contributed by atoms with Crippen molar-refractivity contribution in [2.75, 3.05) is 20.3 Å². The van der Waals surface area contributed by atoms with Crippen molar-refractivity contribution in [3.05, 3.63) is 24.0 Å². The number of ether oxygens (including phenoxy) is 3. The third-order valence-electron chi connectivity index (χ3n) is 2.46. The number of rotatable bonds is 4. The highest BCUT2D eigenvalue weighted by Crippen LogP contribution is 2.23. The topological polar surface area (TPSA) is 60.8 Å². The summed E-state index contributed by atoms with van der Waals surface area (Å²) >= 11 is 0. The molecule has 1 aromatic rings. The molecule has 1 atom stereocenters. The maximum atomic E-state index is 9.95. The van der Waals surface area contributed by atoms with Gasteiger partial charge in [-0.2, -0.15) is 0 Å². The molecule has 0 aromatic carbocycles. The number of nitrogens with zero attached hydrogens (tertiary/aromatic N) is 1. The highest BCUT2D eigenvalue weighted by atomic mass is 16.7. The Morgan fingerprint density at radius 2 is 2.25 bits per heavy atom. The second kappa shape index (κ2) is 5.25. The van der Waals surface area contributed by atoms with Gasteiger partial charge in [0.05, 0.1) is 32.6 Å². The van der Waals surface area contributed by atoms with Gasteiger partial charge in [0.2, 0.25) is 0 Å². The molecule has 1 unspecified atom stereocenters. The van der Waals surface area contributed by atoms with Crippen LogP contribution in [0, 0.1) is 0 Å². The van der Waals surface area contributed by atoms with E-state index in [0.29, 0.717) is 30.9 Å². The highest BCUT2D eigenvalue weighted by Gasteiger charge is 2.21. The van der Waals surface area contributed by atoms with E-state index in [1.54, 1.807) is 25.6 Å². The predicted molar refractivity (Wildman–Crippen MR) is 56.1 cm³/mol. The lowest BCUT2D eigenvalue weighted by Crippen LogP contribution is -2.13. The second-order valence-corrected chi connectivity index (χ2v) is 3.58. The summed E-state index contributed by atoms with van der Waals surface area (Å²) in [5.74, 6) is 0.629. The van der Waals surface area contributed by atoms with Crippen LogP contribution in [-0.2, 0) is 9.47 Å². The van der Waals surface area contributed by atoms with Crippen LogP contribution in [-0.4, -0.2) is 36.7 Å². The molecular weight excluding hydrogens is 210 g/mol. The average molecular weight is 225 g/mol. The summed E-state index contributed by atoms with van der Waals surface area (Å²) in [6.45, 7) is 1.18. The van der Waals surface area contributed by atoms with Crippen molar-refractivity contribution < 1.29 is 19.3 Å². The summed E-state index contributed by atoms with van der Waals surface area (Å²) in [6, 6.07) is 1.76. The Morgan fingerprint density at radius 1 is 1.50 bits per heavy atom. The lowest BCUT2D eigenvalue weighted by Gasteiger charge is -2.15. The van der Waals surface area contributed by atoms with Crippen LogP contribution in [0.1, 0.15) is 18.1 Å². The maximum absolute atomic E-state index is 9.95. The number of aliphatic hydroxyl groups is 1. The zero-order valence-corrected chi connectivity index (χ0v) is 9.13. The SMILES string of the molecule is COc1cncc(C(O)CC2OCCO2)c1. The van der Waals surface area contributed by atoms with Crippen LogP contribution < -0.4 is 4.74 Å². The molecule has 1 N–H and O–H groups in total. The van der Waals surface area contributed by atoms with Gasteiger partial charge in [0.25, 0.3) is 0 Å². The normalized spacial score (nSPS) is 18.6. The third-order valence-corrected chi connectivity index (χ3v) is 2.46. The van der Waals surface area contributed by atoms with Crippen molar-refractivity contribution in [3.63, 3.8) is 0 Å². The molecule has 88 valence electrons. The number of aromatic nitrogens is 1. The van der Waals surface area contributed by atoms with Crippen molar-refractivity contribution in [2.24, 2.45) is 0 Å². The Bertz CT molecular complexity index is 339. The first-order chi connectivity index (χ1) is 7.79. The summed E-state index contributed by atoms with van der Waals surface area (Å²) < 4.78 is 15.6. The molecule has 0 saturated carbocycles. The van der Waals surface area contributed by atoms with Crippen molar-refractivity contribution in [3.8, 4) is 5.75 Å². The lowest BCUT2D eigenvalue weighted by atomic mass is 10.1. The zero-order chi connectivity index (χ0) is 11.4. The number of hydrogen-bond donors (Lipinski definition) is 1. The molecule has 1 saturated heterocycles. The molecule has 2 heterocycles. The Labute approximate surface area is 94.0 Å². The molecule has 5 nitrogen and oxygen atoms in total. The fourth-order valence-electron chi connectivity index (χ4n) is 1.59. The molecule has 16 heavy (non-hydrogen) atoms. The van der Waals surface area contributed by atoms with Crippen molar-refractivity contribution in [1.82, 2.24) is 4.98 Å². The van der Waals surface area contributed by atoms with Gasteiger partial charge < -0.3 is 19.3 Å². The van der Waals surface area contributed by atoms with E-state index in [1.807, 2.05) is 0 Å². The van der Waals surface area contributed by atoms with E-state index in [-0.39, 0.29) is 6.29 Å². The molecule has 1 aliphatic rings. The molecule has 5 heteroatoms. The Hall–Kier alpha value is -1.17. The van der Waals surface area contributed by atoms with Gasteiger partial charge >= 0.3 is 0 Å². The smallest absolute Gasteiger partial charge is 0.160 e. The summed E-state index contributed by atoms with van der Waals surface area (Å²) in [7, 11) is 1.57. The first-order valence-corrected chi connectivity index (χ1v) is 5.20. The van der Waals surface area contributed by atoms with Gasteiger partial charge in [0.1, 0.15) is 5.75 Å². The van der Waals surface area contributed by atoms with Crippen LogP contribution in [0.15, 0.2) is 18.5 Å². The van der Waals surface area contributed by atoms with Crippen LogP contribution >= 0.6 is 0 Å². The van der Waals surface area contributed by atoms with Crippen LogP contribution in [0.5, 0.6) is 5.75 Å². The summed E-state index contributed by atoms with van der Waals surface area (Å²) in [5, 5.41) is 9.95. The van der Waals surface area contributed by atoms with Crippen molar-refractivity contribution >= 4 is 0 Å². The van der Waals surface area contributed by atoms with Gasteiger partial charge in [-0.25, -0.2) is 0 Å². The van der Waals surface area contributed by atoms with Gasteiger partial charge in [-0.05, 0) is 6.07 Å². The maximum Gasteiger partial charge on any atom is 0.160 e. The zero-order valence-electron chi connectivity index (χ0n) is 9.13. The quantitative estimate of drug-likeness (QED) is 0.824. The van der Waals surface area contributed by atoms with Gasteiger partial charge in [-0.1, -0.05) is 0 Å². The molecule has 2 rings (SSSR count). The average Bonchev–Trinajstić information content (AvgIpc) is 2.82. The minimum atomic E-state index is -0.648. The molecule has 0 spiro atoms. The largest absolute Gasteiger partial charge is 0.495 e. The van der Waals surface area contributed by atoms with E-state index in [9.17, 15) is 5.11 Å². The van der Waals surface area contributed by atoms with Crippen LogP contribution in [0.4, 0.5) is 0 Å². The lowest BCUT2D eigenvalue weighted by molar-refractivity contribution is -0.0708. The summed E-state index contributed by atoms with van der Waals surface area (Å²) in [6.07, 6.45) is 2.65. The molecule has 1 fully saturated rings. The second-order valence-electron chi connectivity index (χ2n) is 3.58. The first kappa shape index (κ1) is 11.3. The van der Waals surface area contributed by atoms with E-state index >= 15 is 0 Å². The third kappa shape index (κ3) is 2.69. The van der Waals surface area contributed by atoms with Crippen LogP contribution in [0.3, 0.4) is 0 Å². The van der Waals surface area contributed by atoms with E-state index in [4.69, 9.17) is 14.2 Å². The van der Waals surface area contributed by atoms with Gasteiger partial charge in [-0.15, -0.1) is 0 Å². The van der Waals surface area contributed by atoms with Crippen LogP contribution in [0.2, 0.25) is 0 Å². The van der Waals surface area contributed by atoms with Crippen molar-refractivity contribution in [1.29, 1.82) is 0 Å². The van der Waals surface area contributed by atoms with E-state index in [0.717, 1.165) is 0 Å². The molecule has 0 aliphatic carbocycles. The van der Waals surface area contributed by atoms with Gasteiger partial charge in [-0.3, -0.25) is 4.98 Å². The minimum Gasteiger partial charge on any atom is -0.495 e. The number of hydrogen-bond acceptors (Lipinski definition) is 5. The molecule has 1 aromatic heterocycles. The molecule has 1 aliphatic heterocycles. The summed E-state index contributed by atoms with van der Waals surface area (Å²) in [5.41, 5.74) is 0.707. The van der Waals surface area contributed by atoms with Crippen molar-refractivity contribution in [2.45, 2.75) is 18.8 Å². The first-order valence-electron chi connectivity index (χ1n) is 5.20. The van der Waals surface area contributed by atoms with Gasteiger partial charge in [0, 0.05) is 18.2 Å². The fourth-order valence-corrected chi connectivity index (χ4v) is 1.59. The summed E-state index contributed by atoms with van der Waals surface area (Å²) in [4.78, 5) is 3.98. The Morgan fingerprint density at radius 3 is 2.94 bits per heavy atom. The fraction of sp³-hybridized carbons (Fsp3) is 0.545. The molecule has 0 radical (unpaired) electrons. The Kier molecular flexibility index (Phi) is 3.71. The molecular formula is C11H15NO4. The standard InChI is InChI=1S/C11H15NO4/c1-14-9-4-8(6-12-7-9)10(13)5-11-15-2-3-16-11/h4,6-7,10-11,13H,2-3,5H2,1H3. The van der Waals surface area contributed by atoms with E-state index in [2.05, 4.69) is 4.98 Å². The number of pyridine rings is 1. The number of aliphatic hydroxyl groups excluding tert-OH is 1. The van der Waals surface area contributed by atoms with E-state index < -0.39 is 6.10 Å². The highest BCUT2D eigenvalue weighted by molar-refractivity contribution is 5.24. The minimum absolute atomic E-state index is 0.318. The monoisotopic (exact) mass is 225 g/mol. The van der Waals surface area contributed by atoms with E-state index in [1.165, 1.54) is 0 Å². The number of methoxy groups -OCH3 is 1.